The maximum Gasteiger partial charge on any atom is 0.267 e. The minimum atomic E-state index is -0.533. The minimum absolute atomic E-state index is 0.238. The molecule has 10 heavy (non-hydrogen) atoms. The fraction of sp³-hybridized carbons (Fsp3) is 0. The molecule has 0 unspecified atom stereocenters. The maximum absolute atomic E-state index is 10.5. The molecule has 0 spiro atoms. The zero-order valence-electron chi connectivity index (χ0n) is 5.02. The number of nitrogens with zero attached hydrogens (tertiary/aromatic N) is 2. The first-order valence-corrected chi connectivity index (χ1v) is 3.36. The Morgan fingerprint density at radius 2 is 2.40 bits per heavy atom. The summed E-state index contributed by atoms with van der Waals surface area (Å²) >= 11 is 1.13. The maximum atomic E-state index is 10.5. The zero-order chi connectivity index (χ0) is 7.40. The molecule has 0 saturated heterocycles. The van der Waals surface area contributed by atoms with Gasteiger partial charge in [-0.05, 0) is 0 Å². The molecule has 0 atom stereocenters. The van der Waals surface area contributed by atoms with E-state index in [4.69, 9.17) is 5.73 Å². The van der Waals surface area contributed by atoms with E-state index in [1.54, 1.807) is 0 Å². The van der Waals surface area contributed by atoms with Crippen molar-refractivity contribution in [2.75, 3.05) is 0 Å². The molecule has 0 aromatic heterocycles. The molecule has 1 aliphatic rings. The van der Waals surface area contributed by atoms with Gasteiger partial charge in [0.2, 0.25) is 0 Å². The molecule has 52 valence electrons. The van der Waals surface area contributed by atoms with Crippen molar-refractivity contribution in [1.29, 1.82) is 0 Å². The first-order chi connectivity index (χ1) is 4.80. The van der Waals surface area contributed by atoms with E-state index in [-0.39, 0.29) is 5.70 Å². The van der Waals surface area contributed by atoms with E-state index in [1.807, 2.05) is 0 Å². The zero-order valence-corrected chi connectivity index (χ0v) is 5.84. The predicted octanol–water partition coefficient (Wildman–Crippen LogP) is 0.117. The summed E-state index contributed by atoms with van der Waals surface area (Å²) < 4.78 is 3.76. The van der Waals surface area contributed by atoms with Crippen molar-refractivity contribution >= 4 is 30.3 Å². The number of hydrogen-bond acceptors (Lipinski definition) is 4. The van der Waals surface area contributed by atoms with Gasteiger partial charge in [0.1, 0.15) is 5.70 Å². The Hall–Kier alpha value is -1.10. The second-order valence-electron chi connectivity index (χ2n) is 1.51. The van der Waals surface area contributed by atoms with Crippen LogP contribution in [0.15, 0.2) is 20.5 Å². The molecular formula is C5H5N3OS. The van der Waals surface area contributed by atoms with Crippen LogP contribution in [0.3, 0.4) is 0 Å². The SMILES string of the molecule is NC(=O)C1=CSN=CC=N1. The summed E-state index contributed by atoms with van der Waals surface area (Å²) in [5.41, 5.74) is 5.19. The van der Waals surface area contributed by atoms with Gasteiger partial charge in [-0.2, -0.15) is 0 Å². The Labute approximate surface area is 62.1 Å². The monoisotopic (exact) mass is 155 g/mol. The van der Waals surface area contributed by atoms with Crippen LogP contribution >= 0.6 is 11.9 Å². The summed E-state index contributed by atoms with van der Waals surface area (Å²) in [6.45, 7) is 0. The van der Waals surface area contributed by atoms with E-state index >= 15 is 0 Å². The second kappa shape index (κ2) is 3.17. The normalized spacial score (nSPS) is 16.2. The third-order valence-electron chi connectivity index (χ3n) is 0.819. The van der Waals surface area contributed by atoms with Gasteiger partial charge in [0.15, 0.2) is 0 Å². The Morgan fingerprint density at radius 1 is 1.60 bits per heavy atom. The van der Waals surface area contributed by atoms with Crippen LogP contribution in [0.2, 0.25) is 0 Å². The Morgan fingerprint density at radius 3 is 3.10 bits per heavy atom. The van der Waals surface area contributed by atoms with Gasteiger partial charge in [-0.1, -0.05) is 0 Å². The van der Waals surface area contributed by atoms with Gasteiger partial charge in [0, 0.05) is 23.6 Å². The van der Waals surface area contributed by atoms with E-state index in [1.165, 1.54) is 17.8 Å². The van der Waals surface area contributed by atoms with Crippen molar-refractivity contribution in [2.24, 2.45) is 15.1 Å². The minimum Gasteiger partial charge on any atom is -0.364 e. The number of nitrogens with two attached hydrogens (primary N) is 1. The molecule has 0 bridgehead atoms. The molecule has 4 nitrogen and oxygen atoms in total. The van der Waals surface area contributed by atoms with E-state index < -0.39 is 5.91 Å². The van der Waals surface area contributed by atoms with Crippen LogP contribution in [0.25, 0.3) is 0 Å². The van der Waals surface area contributed by atoms with Crippen molar-refractivity contribution in [3.63, 3.8) is 0 Å². The van der Waals surface area contributed by atoms with Gasteiger partial charge in [0.05, 0.1) is 6.21 Å². The van der Waals surface area contributed by atoms with Crippen molar-refractivity contribution in [3.05, 3.63) is 11.1 Å². The largest absolute Gasteiger partial charge is 0.364 e. The van der Waals surface area contributed by atoms with Crippen molar-refractivity contribution < 1.29 is 4.79 Å². The number of carbonyl (C=O) groups is 1. The van der Waals surface area contributed by atoms with Gasteiger partial charge < -0.3 is 5.73 Å². The summed E-state index contributed by atoms with van der Waals surface area (Å²) in [5, 5.41) is 1.50. The van der Waals surface area contributed by atoms with E-state index in [0.717, 1.165) is 11.9 Å². The number of rotatable bonds is 1. The second-order valence-corrected chi connectivity index (χ2v) is 2.16. The van der Waals surface area contributed by atoms with Crippen LogP contribution in [-0.4, -0.2) is 18.3 Å². The Balaban J connectivity index is 2.78. The molecule has 2 N–H and O–H groups in total. The first kappa shape index (κ1) is 7.01. The molecule has 0 aromatic carbocycles. The van der Waals surface area contributed by atoms with E-state index in [9.17, 15) is 4.79 Å². The number of aliphatic imine (C=N–C) groups is 1. The molecule has 1 amide bonds. The molecule has 0 aliphatic carbocycles. The van der Waals surface area contributed by atoms with Crippen molar-refractivity contribution in [3.8, 4) is 0 Å². The van der Waals surface area contributed by atoms with Crippen molar-refractivity contribution in [1.82, 2.24) is 0 Å². The average molecular weight is 155 g/mol. The Bertz CT molecular complexity index is 231. The van der Waals surface area contributed by atoms with Crippen LogP contribution in [0.5, 0.6) is 0 Å². The highest BCUT2D eigenvalue weighted by atomic mass is 32.2. The molecule has 1 aliphatic heterocycles. The number of carbonyl (C=O) groups excluding carboxylic acids is 1. The summed E-state index contributed by atoms with van der Waals surface area (Å²) in [4.78, 5) is 14.2. The molecule has 1 heterocycles. The summed E-state index contributed by atoms with van der Waals surface area (Å²) in [6, 6.07) is 0. The number of primary amides is 1. The topological polar surface area (TPSA) is 67.8 Å². The molecular weight excluding hydrogens is 150 g/mol. The van der Waals surface area contributed by atoms with Crippen molar-refractivity contribution in [2.45, 2.75) is 0 Å². The van der Waals surface area contributed by atoms with Crippen LogP contribution in [0, 0.1) is 0 Å². The molecule has 0 radical (unpaired) electrons. The highest BCUT2D eigenvalue weighted by molar-refractivity contribution is 8.01. The summed E-state index contributed by atoms with van der Waals surface area (Å²) in [6.07, 6.45) is 2.92. The van der Waals surface area contributed by atoms with Gasteiger partial charge in [-0.15, -0.1) is 0 Å². The molecule has 0 fully saturated rings. The lowest BCUT2D eigenvalue weighted by molar-refractivity contribution is -0.114. The quantitative estimate of drug-likeness (QED) is 0.546. The fourth-order valence-corrected chi connectivity index (χ4v) is 0.871. The van der Waals surface area contributed by atoms with Crippen LogP contribution in [0.1, 0.15) is 0 Å². The number of amides is 1. The smallest absolute Gasteiger partial charge is 0.267 e. The van der Waals surface area contributed by atoms with Gasteiger partial charge in [0.25, 0.3) is 5.91 Å². The molecule has 0 saturated carbocycles. The lowest BCUT2D eigenvalue weighted by Crippen LogP contribution is -2.12. The lowest BCUT2D eigenvalue weighted by atomic mass is 10.5. The number of hydrogen-bond donors (Lipinski definition) is 1. The highest BCUT2D eigenvalue weighted by Gasteiger charge is 2.01. The van der Waals surface area contributed by atoms with Crippen LogP contribution in [-0.2, 0) is 4.79 Å². The first-order valence-electron chi connectivity index (χ1n) is 2.52. The lowest BCUT2D eigenvalue weighted by Gasteiger charge is -1.88. The molecule has 1 rings (SSSR count). The van der Waals surface area contributed by atoms with Gasteiger partial charge in [-0.3, -0.25) is 4.79 Å². The average Bonchev–Trinajstić information content (AvgIpc) is 2.12. The Kier molecular flexibility index (Phi) is 2.22. The third kappa shape index (κ3) is 1.70. The molecule has 5 heteroatoms. The van der Waals surface area contributed by atoms with Crippen LogP contribution < -0.4 is 5.73 Å². The van der Waals surface area contributed by atoms with E-state index in [0.29, 0.717) is 0 Å². The van der Waals surface area contributed by atoms with Crippen LogP contribution in [0.4, 0.5) is 0 Å². The highest BCUT2D eigenvalue weighted by Crippen LogP contribution is 2.09. The summed E-state index contributed by atoms with van der Waals surface area (Å²) in [5.74, 6) is -0.533. The van der Waals surface area contributed by atoms with E-state index in [2.05, 4.69) is 9.39 Å². The third-order valence-corrected chi connectivity index (χ3v) is 1.39. The summed E-state index contributed by atoms with van der Waals surface area (Å²) in [7, 11) is 0. The fourth-order valence-electron chi connectivity index (χ4n) is 0.408. The van der Waals surface area contributed by atoms with Gasteiger partial charge in [-0.25, -0.2) is 9.39 Å². The predicted molar refractivity (Wildman–Crippen MR) is 41.9 cm³/mol. The van der Waals surface area contributed by atoms with Gasteiger partial charge >= 0.3 is 0 Å². The molecule has 0 aromatic rings. The standard InChI is InChI=1S/C5H5N3OS/c6-5(9)4-3-10-8-2-1-7-4/h1-3H,(H2,6,9).